The number of nitrogens with one attached hydrogen (secondary N) is 2. The molecule has 0 saturated carbocycles. The third kappa shape index (κ3) is 2.14. The van der Waals surface area contributed by atoms with Gasteiger partial charge in [-0.3, -0.25) is 0 Å². The van der Waals surface area contributed by atoms with E-state index in [9.17, 15) is 0 Å². The Bertz CT molecular complexity index is 427. The first-order valence-electron chi connectivity index (χ1n) is 5.33. The molecule has 86 valence electrons. The van der Waals surface area contributed by atoms with Crippen LogP contribution < -0.4 is 5.32 Å². The van der Waals surface area contributed by atoms with Crippen molar-refractivity contribution in [2.45, 2.75) is 33.4 Å². The Morgan fingerprint density at radius 1 is 1.50 bits per heavy atom. The van der Waals surface area contributed by atoms with E-state index >= 15 is 0 Å². The predicted molar refractivity (Wildman–Crippen MR) is 59.8 cm³/mol. The molecule has 5 nitrogen and oxygen atoms in total. The molecule has 0 spiro atoms. The van der Waals surface area contributed by atoms with Gasteiger partial charge < -0.3 is 14.8 Å². The zero-order chi connectivity index (χ0) is 11.5. The summed E-state index contributed by atoms with van der Waals surface area (Å²) in [6.07, 6.45) is 3.56. The van der Waals surface area contributed by atoms with Crippen LogP contribution in [0.5, 0.6) is 0 Å². The summed E-state index contributed by atoms with van der Waals surface area (Å²) in [5, 5.41) is 7.32. The van der Waals surface area contributed by atoms with Gasteiger partial charge in [0.1, 0.15) is 11.6 Å². The Labute approximate surface area is 94.3 Å². The van der Waals surface area contributed by atoms with Crippen molar-refractivity contribution in [1.29, 1.82) is 0 Å². The molecule has 0 bridgehead atoms. The number of hydrogen-bond donors (Lipinski definition) is 2. The molecule has 1 unspecified atom stereocenters. The minimum Gasteiger partial charge on any atom is -0.361 e. The zero-order valence-corrected chi connectivity index (χ0v) is 9.74. The number of nitrogens with zero attached hydrogens (tertiary/aromatic N) is 2. The van der Waals surface area contributed by atoms with E-state index < -0.39 is 0 Å². The second-order valence-corrected chi connectivity index (χ2v) is 3.88. The van der Waals surface area contributed by atoms with E-state index in [-0.39, 0.29) is 6.04 Å². The van der Waals surface area contributed by atoms with Gasteiger partial charge in [-0.25, -0.2) is 4.98 Å². The first kappa shape index (κ1) is 10.9. The maximum atomic E-state index is 5.14. The van der Waals surface area contributed by atoms with Crippen molar-refractivity contribution >= 4 is 0 Å². The highest BCUT2D eigenvalue weighted by Gasteiger charge is 2.15. The lowest BCUT2D eigenvalue weighted by molar-refractivity contribution is 0.390. The second-order valence-electron chi connectivity index (χ2n) is 3.88. The van der Waals surface area contributed by atoms with Gasteiger partial charge in [-0.2, -0.15) is 0 Å². The van der Waals surface area contributed by atoms with Gasteiger partial charge in [0.25, 0.3) is 0 Å². The minimum atomic E-state index is 0.205. The highest BCUT2D eigenvalue weighted by molar-refractivity contribution is 5.24. The van der Waals surface area contributed by atoms with E-state index in [1.807, 2.05) is 20.0 Å². The summed E-state index contributed by atoms with van der Waals surface area (Å²) in [7, 11) is 0. The molecule has 2 aromatic heterocycles. The van der Waals surface area contributed by atoms with Crippen LogP contribution in [0.25, 0.3) is 0 Å². The lowest BCUT2D eigenvalue weighted by Gasteiger charge is -2.12. The van der Waals surface area contributed by atoms with E-state index in [0.717, 1.165) is 22.8 Å². The van der Waals surface area contributed by atoms with Crippen molar-refractivity contribution in [3.8, 4) is 0 Å². The summed E-state index contributed by atoms with van der Waals surface area (Å²) in [5.74, 6) is 1.80. The van der Waals surface area contributed by atoms with Crippen molar-refractivity contribution in [2.24, 2.45) is 0 Å². The van der Waals surface area contributed by atoms with Crippen LogP contribution in [0.1, 0.15) is 35.8 Å². The molecule has 2 heterocycles. The average molecular weight is 220 g/mol. The maximum absolute atomic E-state index is 5.14. The molecule has 2 rings (SSSR count). The zero-order valence-electron chi connectivity index (χ0n) is 9.74. The molecule has 16 heavy (non-hydrogen) atoms. The Hall–Kier alpha value is -1.62. The van der Waals surface area contributed by atoms with E-state index in [1.54, 1.807) is 6.20 Å². The summed E-state index contributed by atoms with van der Waals surface area (Å²) in [6.45, 7) is 6.69. The van der Waals surface area contributed by atoms with Gasteiger partial charge in [-0.05, 0) is 20.8 Å². The number of imidazole rings is 1. The fraction of sp³-hybridized carbons (Fsp3) is 0.455. The van der Waals surface area contributed by atoms with Crippen molar-refractivity contribution in [3.63, 3.8) is 0 Å². The summed E-state index contributed by atoms with van der Waals surface area (Å²) in [4.78, 5) is 7.21. The molecule has 0 fully saturated rings. The predicted octanol–water partition coefficient (Wildman–Crippen LogP) is 1.87. The molecule has 5 heteroatoms. The third-order valence-electron chi connectivity index (χ3n) is 2.65. The first-order chi connectivity index (χ1) is 7.68. The van der Waals surface area contributed by atoms with Gasteiger partial charge >= 0.3 is 0 Å². The highest BCUT2D eigenvalue weighted by Crippen LogP contribution is 2.20. The molecule has 2 aromatic rings. The standard InChI is InChI=1S/C11H16N4O/c1-7(11-8(2)15-16-9(11)3)14-6-10-12-4-5-13-10/h4-5,7,14H,6H2,1-3H3,(H,12,13). The molecular formula is C11H16N4O. The van der Waals surface area contributed by atoms with E-state index in [4.69, 9.17) is 4.52 Å². The number of aromatic amines is 1. The molecule has 0 aliphatic heterocycles. The minimum absolute atomic E-state index is 0.205. The van der Waals surface area contributed by atoms with Crippen LogP contribution >= 0.6 is 0 Å². The fourth-order valence-corrected chi connectivity index (χ4v) is 1.85. The van der Waals surface area contributed by atoms with Crippen molar-refractivity contribution in [1.82, 2.24) is 20.4 Å². The third-order valence-corrected chi connectivity index (χ3v) is 2.65. The summed E-state index contributed by atoms with van der Waals surface area (Å²) in [6, 6.07) is 0.205. The van der Waals surface area contributed by atoms with Gasteiger partial charge in [0.2, 0.25) is 0 Å². The Balaban J connectivity index is 2.01. The molecule has 0 aliphatic carbocycles. The molecule has 0 aliphatic rings. The second kappa shape index (κ2) is 4.49. The fourth-order valence-electron chi connectivity index (χ4n) is 1.85. The van der Waals surface area contributed by atoms with Crippen LogP contribution in [0.2, 0.25) is 0 Å². The lowest BCUT2D eigenvalue weighted by atomic mass is 10.1. The quantitative estimate of drug-likeness (QED) is 0.825. The summed E-state index contributed by atoms with van der Waals surface area (Å²) < 4.78 is 5.14. The number of aryl methyl sites for hydroxylation is 2. The SMILES string of the molecule is Cc1noc(C)c1C(C)NCc1ncc[nH]1. The van der Waals surface area contributed by atoms with E-state index in [2.05, 4.69) is 27.4 Å². The Kier molecular flexibility index (Phi) is 3.05. The van der Waals surface area contributed by atoms with Crippen LogP contribution in [0.15, 0.2) is 16.9 Å². The van der Waals surface area contributed by atoms with Crippen LogP contribution in [-0.4, -0.2) is 15.1 Å². The number of aromatic nitrogens is 3. The molecule has 1 atom stereocenters. The van der Waals surface area contributed by atoms with E-state index in [1.165, 1.54) is 0 Å². The molecular weight excluding hydrogens is 204 g/mol. The summed E-state index contributed by atoms with van der Waals surface area (Å²) in [5.41, 5.74) is 2.07. The van der Waals surface area contributed by atoms with Gasteiger partial charge in [0.15, 0.2) is 0 Å². The van der Waals surface area contributed by atoms with Gasteiger partial charge in [0.05, 0.1) is 12.2 Å². The first-order valence-corrected chi connectivity index (χ1v) is 5.33. The Morgan fingerprint density at radius 2 is 2.31 bits per heavy atom. The monoisotopic (exact) mass is 220 g/mol. The molecule has 0 saturated heterocycles. The van der Waals surface area contributed by atoms with Crippen LogP contribution in [0.3, 0.4) is 0 Å². The smallest absolute Gasteiger partial charge is 0.138 e. The highest BCUT2D eigenvalue weighted by atomic mass is 16.5. The topological polar surface area (TPSA) is 66.7 Å². The maximum Gasteiger partial charge on any atom is 0.138 e. The Morgan fingerprint density at radius 3 is 2.88 bits per heavy atom. The molecule has 0 amide bonds. The number of rotatable bonds is 4. The van der Waals surface area contributed by atoms with Crippen LogP contribution in [0, 0.1) is 13.8 Å². The van der Waals surface area contributed by atoms with Crippen LogP contribution in [0.4, 0.5) is 0 Å². The van der Waals surface area contributed by atoms with E-state index in [0.29, 0.717) is 6.54 Å². The van der Waals surface area contributed by atoms with Gasteiger partial charge in [0, 0.05) is 24.0 Å². The van der Waals surface area contributed by atoms with Crippen molar-refractivity contribution in [3.05, 3.63) is 35.2 Å². The van der Waals surface area contributed by atoms with Gasteiger partial charge in [-0.1, -0.05) is 5.16 Å². The number of hydrogen-bond acceptors (Lipinski definition) is 4. The normalized spacial score (nSPS) is 12.9. The van der Waals surface area contributed by atoms with Crippen LogP contribution in [-0.2, 0) is 6.54 Å². The molecule has 0 aromatic carbocycles. The largest absolute Gasteiger partial charge is 0.361 e. The average Bonchev–Trinajstić information content (AvgIpc) is 2.86. The van der Waals surface area contributed by atoms with Crippen molar-refractivity contribution in [2.75, 3.05) is 0 Å². The van der Waals surface area contributed by atoms with Gasteiger partial charge in [-0.15, -0.1) is 0 Å². The number of H-pyrrole nitrogens is 1. The molecule has 0 radical (unpaired) electrons. The van der Waals surface area contributed by atoms with Crippen molar-refractivity contribution < 1.29 is 4.52 Å². The summed E-state index contributed by atoms with van der Waals surface area (Å²) >= 11 is 0. The molecule has 2 N–H and O–H groups in total. The lowest BCUT2D eigenvalue weighted by Crippen LogP contribution is -2.19.